The van der Waals surface area contributed by atoms with Crippen LogP contribution in [0, 0.1) is 0 Å². The molecule has 0 unspecified atom stereocenters. The highest BCUT2D eigenvalue weighted by atomic mass is 79.9. The summed E-state index contributed by atoms with van der Waals surface area (Å²) in [5.41, 5.74) is 0.505. The molecule has 0 aliphatic carbocycles. The number of nitrogens with zero attached hydrogens (tertiary/aromatic N) is 1. The smallest absolute Gasteiger partial charge is 0.337 e. The number of ether oxygens (including phenoxy) is 1. The molecule has 18 heavy (non-hydrogen) atoms. The minimum atomic E-state index is -0.353. The Balaban J connectivity index is 2.22. The Morgan fingerprint density at radius 2 is 2.17 bits per heavy atom. The van der Waals surface area contributed by atoms with E-state index in [0.717, 1.165) is 14.4 Å². The summed E-state index contributed by atoms with van der Waals surface area (Å²) in [6.45, 7) is 0. The zero-order valence-corrected chi connectivity index (χ0v) is 12.0. The molecule has 0 radical (unpaired) electrons. The number of carbonyl (C=O) groups excluding carboxylic acids is 1. The van der Waals surface area contributed by atoms with Gasteiger partial charge in [0, 0.05) is 15.6 Å². The molecule has 0 amide bonds. The van der Waals surface area contributed by atoms with E-state index < -0.39 is 0 Å². The Hall–Kier alpha value is -1.33. The number of aromatic nitrogens is 1. The third-order valence-electron chi connectivity index (χ3n) is 2.17. The van der Waals surface area contributed by atoms with Crippen LogP contribution in [0.1, 0.15) is 10.4 Å². The van der Waals surface area contributed by atoms with Crippen molar-refractivity contribution in [2.45, 2.75) is 9.92 Å². The second-order valence-corrected chi connectivity index (χ2v) is 5.44. The highest BCUT2D eigenvalue weighted by Gasteiger charge is 2.07. The van der Waals surface area contributed by atoms with Gasteiger partial charge in [-0.25, -0.2) is 9.78 Å². The van der Waals surface area contributed by atoms with E-state index in [0.29, 0.717) is 5.56 Å². The van der Waals surface area contributed by atoms with Gasteiger partial charge in [0.15, 0.2) is 0 Å². The van der Waals surface area contributed by atoms with Crippen LogP contribution in [-0.4, -0.2) is 18.1 Å². The van der Waals surface area contributed by atoms with Crippen LogP contribution in [0.4, 0.5) is 0 Å². The number of pyridine rings is 1. The molecule has 5 heteroatoms. The van der Waals surface area contributed by atoms with E-state index >= 15 is 0 Å². The molecule has 0 saturated carbocycles. The summed E-state index contributed by atoms with van der Waals surface area (Å²) in [6, 6.07) is 11.3. The van der Waals surface area contributed by atoms with Gasteiger partial charge in [-0.3, -0.25) is 0 Å². The van der Waals surface area contributed by atoms with E-state index in [4.69, 9.17) is 0 Å². The summed E-state index contributed by atoms with van der Waals surface area (Å²) < 4.78 is 5.69. The summed E-state index contributed by atoms with van der Waals surface area (Å²) in [5.74, 6) is -0.353. The third-order valence-corrected chi connectivity index (χ3v) is 3.59. The monoisotopic (exact) mass is 323 g/mol. The molecule has 0 saturated heterocycles. The lowest BCUT2D eigenvalue weighted by Gasteiger charge is -2.03. The van der Waals surface area contributed by atoms with Gasteiger partial charge in [-0.2, -0.15) is 0 Å². The largest absolute Gasteiger partial charge is 0.465 e. The summed E-state index contributed by atoms with van der Waals surface area (Å²) in [7, 11) is 1.36. The molecule has 0 aliphatic heterocycles. The number of hydrogen-bond acceptors (Lipinski definition) is 4. The van der Waals surface area contributed by atoms with Crippen LogP contribution < -0.4 is 0 Å². The second kappa shape index (κ2) is 6.02. The first-order valence-electron chi connectivity index (χ1n) is 5.17. The van der Waals surface area contributed by atoms with Gasteiger partial charge in [-0.15, -0.1) is 0 Å². The normalized spacial score (nSPS) is 10.1. The molecule has 1 aromatic carbocycles. The molecule has 1 heterocycles. The van der Waals surface area contributed by atoms with Crippen molar-refractivity contribution >= 4 is 33.7 Å². The Morgan fingerprint density at radius 3 is 2.89 bits per heavy atom. The molecule has 92 valence electrons. The minimum absolute atomic E-state index is 0.353. The van der Waals surface area contributed by atoms with Crippen LogP contribution in [-0.2, 0) is 4.74 Å². The van der Waals surface area contributed by atoms with Gasteiger partial charge >= 0.3 is 5.97 Å². The maximum Gasteiger partial charge on any atom is 0.337 e. The molecule has 0 fully saturated rings. The van der Waals surface area contributed by atoms with Crippen molar-refractivity contribution in [1.82, 2.24) is 4.98 Å². The zero-order chi connectivity index (χ0) is 13.0. The van der Waals surface area contributed by atoms with Crippen molar-refractivity contribution < 1.29 is 9.53 Å². The average Bonchev–Trinajstić information content (AvgIpc) is 2.38. The maximum absolute atomic E-state index is 11.4. The van der Waals surface area contributed by atoms with Gasteiger partial charge in [0.1, 0.15) is 5.03 Å². The molecule has 2 aromatic rings. The van der Waals surface area contributed by atoms with Gasteiger partial charge in [0.25, 0.3) is 0 Å². The molecular formula is C13H10BrNO2S. The molecule has 0 aliphatic rings. The highest BCUT2D eigenvalue weighted by molar-refractivity contribution is 9.10. The van der Waals surface area contributed by atoms with Crippen LogP contribution in [0.25, 0.3) is 0 Å². The summed E-state index contributed by atoms with van der Waals surface area (Å²) in [6.07, 6.45) is 1.60. The lowest BCUT2D eigenvalue weighted by molar-refractivity contribution is 0.0600. The number of hydrogen-bond donors (Lipinski definition) is 0. The maximum atomic E-state index is 11.4. The van der Waals surface area contributed by atoms with Crippen molar-refractivity contribution in [2.75, 3.05) is 7.11 Å². The van der Waals surface area contributed by atoms with E-state index in [1.54, 1.807) is 18.3 Å². The van der Waals surface area contributed by atoms with E-state index in [1.807, 2.05) is 24.3 Å². The number of esters is 1. The van der Waals surface area contributed by atoms with Crippen molar-refractivity contribution in [1.29, 1.82) is 0 Å². The predicted octanol–water partition coefficient (Wildman–Crippen LogP) is 3.78. The Bertz CT molecular complexity index is 574. The van der Waals surface area contributed by atoms with Crippen molar-refractivity contribution in [2.24, 2.45) is 0 Å². The fraction of sp³-hybridized carbons (Fsp3) is 0.0769. The van der Waals surface area contributed by atoms with Crippen molar-refractivity contribution in [3.63, 3.8) is 0 Å². The average molecular weight is 324 g/mol. The fourth-order valence-electron chi connectivity index (χ4n) is 1.36. The van der Waals surface area contributed by atoms with Crippen molar-refractivity contribution in [3.8, 4) is 0 Å². The Labute approximate surface area is 118 Å². The molecule has 0 atom stereocenters. The molecule has 1 aromatic heterocycles. The van der Waals surface area contributed by atoms with Crippen LogP contribution >= 0.6 is 27.7 Å². The predicted molar refractivity (Wildman–Crippen MR) is 73.8 cm³/mol. The fourth-order valence-corrected chi connectivity index (χ4v) is 2.79. The number of methoxy groups -OCH3 is 1. The number of halogens is 1. The van der Waals surface area contributed by atoms with Crippen LogP contribution in [0.2, 0.25) is 0 Å². The molecule has 0 spiro atoms. The first-order chi connectivity index (χ1) is 8.69. The van der Waals surface area contributed by atoms with Gasteiger partial charge < -0.3 is 4.74 Å². The number of benzene rings is 1. The lowest BCUT2D eigenvalue weighted by Crippen LogP contribution is -2.01. The Morgan fingerprint density at radius 1 is 1.33 bits per heavy atom. The van der Waals surface area contributed by atoms with Crippen LogP contribution in [0.5, 0.6) is 0 Å². The van der Waals surface area contributed by atoms with E-state index in [2.05, 4.69) is 25.7 Å². The highest BCUT2D eigenvalue weighted by Crippen LogP contribution is 2.28. The van der Waals surface area contributed by atoms with Crippen LogP contribution in [0.15, 0.2) is 57.0 Å². The summed E-state index contributed by atoms with van der Waals surface area (Å²) >= 11 is 4.91. The van der Waals surface area contributed by atoms with E-state index in [1.165, 1.54) is 18.9 Å². The molecule has 0 bridgehead atoms. The standard InChI is InChI=1S/C13H10BrNO2S/c1-17-13(16)9-5-6-15-12(7-9)18-11-4-2-3-10(14)8-11/h2-8H,1H3. The zero-order valence-electron chi connectivity index (χ0n) is 9.59. The SMILES string of the molecule is COC(=O)c1ccnc(Sc2cccc(Br)c2)c1. The second-order valence-electron chi connectivity index (χ2n) is 3.43. The van der Waals surface area contributed by atoms with Crippen LogP contribution in [0.3, 0.4) is 0 Å². The topological polar surface area (TPSA) is 39.2 Å². The quantitative estimate of drug-likeness (QED) is 0.806. The first-order valence-corrected chi connectivity index (χ1v) is 6.78. The van der Waals surface area contributed by atoms with Gasteiger partial charge in [-0.05, 0) is 30.3 Å². The number of rotatable bonds is 3. The summed E-state index contributed by atoms with van der Waals surface area (Å²) in [4.78, 5) is 16.7. The molecule has 3 nitrogen and oxygen atoms in total. The van der Waals surface area contributed by atoms with Gasteiger partial charge in [0.05, 0.1) is 12.7 Å². The molecule has 2 rings (SSSR count). The Kier molecular flexibility index (Phi) is 4.38. The minimum Gasteiger partial charge on any atom is -0.465 e. The summed E-state index contributed by atoms with van der Waals surface area (Å²) in [5, 5.41) is 0.760. The lowest BCUT2D eigenvalue weighted by atomic mass is 10.3. The van der Waals surface area contributed by atoms with E-state index in [-0.39, 0.29) is 5.97 Å². The van der Waals surface area contributed by atoms with Crippen molar-refractivity contribution in [3.05, 3.63) is 52.6 Å². The van der Waals surface area contributed by atoms with Gasteiger partial charge in [0.2, 0.25) is 0 Å². The number of carbonyl (C=O) groups is 1. The first kappa shape index (κ1) is 13.1. The third kappa shape index (κ3) is 3.34. The van der Waals surface area contributed by atoms with E-state index in [9.17, 15) is 4.79 Å². The molecular weight excluding hydrogens is 314 g/mol. The van der Waals surface area contributed by atoms with Gasteiger partial charge in [-0.1, -0.05) is 33.8 Å². The molecule has 0 N–H and O–H groups in total.